The molecular weight excluding hydrogens is 260 g/mol. The van der Waals surface area contributed by atoms with Crippen molar-refractivity contribution in [1.82, 2.24) is 9.88 Å². The van der Waals surface area contributed by atoms with Gasteiger partial charge < -0.3 is 14.6 Å². The molecule has 1 N–H and O–H groups in total. The highest BCUT2D eigenvalue weighted by molar-refractivity contribution is 5.86. The molecule has 0 aliphatic heterocycles. The molecule has 0 atom stereocenters. The van der Waals surface area contributed by atoms with Crippen molar-refractivity contribution in [2.75, 3.05) is 13.2 Å². The van der Waals surface area contributed by atoms with E-state index >= 15 is 0 Å². The van der Waals surface area contributed by atoms with Crippen molar-refractivity contribution in [2.24, 2.45) is 0 Å². The standard InChI is InChI=1S/C18H28N2O/c1-5-21-17-10-8-9-16-15(17)11-14-20(16)13-7-6-12-19-18(2,3)4/h8-11,14,19H,5-7,12-13H2,1-4H3. The zero-order valence-corrected chi connectivity index (χ0v) is 13.8. The fraction of sp³-hybridized carbons (Fsp3) is 0.556. The summed E-state index contributed by atoms with van der Waals surface area (Å²) in [5, 5.41) is 4.75. The molecule has 0 fully saturated rings. The fourth-order valence-electron chi connectivity index (χ4n) is 2.54. The third-order valence-electron chi connectivity index (χ3n) is 3.55. The number of fused-ring (bicyclic) bond motifs is 1. The summed E-state index contributed by atoms with van der Waals surface area (Å²) in [6, 6.07) is 8.45. The Morgan fingerprint density at radius 2 is 1.95 bits per heavy atom. The number of hydrogen-bond donors (Lipinski definition) is 1. The number of nitrogens with zero attached hydrogens (tertiary/aromatic N) is 1. The summed E-state index contributed by atoms with van der Waals surface area (Å²) in [6.07, 6.45) is 4.55. The first-order valence-corrected chi connectivity index (χ1v) is 7.97. The Morgan fingerprint density at radius 1 is 1.14 bits per heavy atom. The van der Waals surface area contributed by atoms with Gasteiger partial charge in [0, 0.05) is 23.7 Å². The number of nitrogens with one attached hydrogen (secondary N) is 1. The van der Waals surface area contributed by atoms with Gasteiger partial charge in [0.25, 0.3) is 0 Å². The van der Waals surface area contributed by atoms with Crippen LogP contribution in [-0.2, 0) is 6.54 Å². The maximum Gasteiger partial charge on any atom is 0.128 e. The van der Waals surface area contributed by atoms with Gasteiger partial charge in [-0.2, -0.15) is 0 Å². The quantitative estimate of drug-likeness (QED) is 0.772. The van der Waals surface area contributed by atoms with E-state index in [4.69, 9.17) is 4.74 Å². The van der Waals surface area contributed by atoms with Crippen LogP contribution >= 0.6 is 0 Å². The summed E-state index contributed by atoms with van der Waals surface area (Å²) in [5.41, 5.74) is 1.48. The monoisotopic (exact) mass is 288 g/mol. The predicted molar refractivity (Wildman–Crippen MR) is 90.1 cm³/mol. The molecule has 3 nitrogen and oxygen atoms in total. The van der Waals surface area contributed by atoms with E-state index in [9.17, 15) is 0 Å². The van der Waals surface area contributed by atoms with Gasteiger partial charge in [0.2, 0.25) is 0 Å². The van der Waals surface area contributed by atoms with Crippen LogP contribution in [0.25, 0.3) is 10.9 Å². The summed E-state index contributed by atoms with van der Waals surface area (Å²) in [4.78, 5) is 0. The minimum absolute atomic E-state index is 0.215. The Balaban J connectivity index is 1.92. The molecule has 2 aromatic rings. The van der Waals surface area contributed by atoms with Crippen molar-refractivity contribution >= 4 is 10.9 Å². The SMILES string of the molecule is CCOc1cccc2c1ccn2CCCCNC(C)(C)C. The van der Waals surface area contributed by atoms with Crippen molar-refractivity contribution in [2.45, 2.75) is 52.6 Å². The van der Waals surface area contributed by atoms with E-state index in [2.05, 4.69) is 55.1 Å². The van der Waals surface area contributed by atoms with Gasteiger partial charge in [-0.3, -0.25) is 0 Å². The van der Waals surface area contributed by atoms with Crippen molar-refractivity contribution in [1.29, 1.82) is 0 Å². The van der Waals surface area contributed by atoms with Crippen LogP contribution in [0.5, 0.6) is 5.75 Å². The average molecular weight is 288 g/mol. The summed E-state index contributed by atoms with van der Waals surface area (Å²) in [5.74, 6) is 0.989. The second kappa shape index (κ2) is 6.99. The molecule has 0 bridgehead atoms. The summed E-state index contributed by atoms with van der Waals surface area (Å²) in [7, 11) is 0. The molecule has 0 spiro atoms. The molecule has 0 unspecified atom stereocenters. The highest BCUT2D eigenvalue weighted by atomic mass is 16.5. The third kappa shape index (κ3) is 4.50. The second-order valence-electron chi connectivity index (χ2n) is 6.51. The number of benzene rings is 1. The van der Waals surface area contributed by atoms with E-state index in [-0.39, 0.29) is 5.54 Å². The molecule has 0 amide bonds. The van der Waals surface area contributed by atoms with Crippen molar-refractivity contribution in [3.8, 4) is 5.75 Å². The molecular formula is C18H28N2O. The highest BCUT2D eigenvalue weighted by Crippen LogP contribution is 2.26. The minimum atomic E-state index is 0.215. The average Bonchev–Trinajstić information content (AvgIpc) is 2.82. The summed E-state index contributed by atoms with van der Waals surface area (Å²) >= 11 is 0. The van der Waals surface area contributed by atoms with E-state index in [1.54, 1.807) is 0 Å². The Bertz CT molecular complexity index is 566. The first kappa shape index (κ1) is 15.9. The molecule has 3 heteroatoms. The lowest BCUT2D eigenvalue weighted by Gasteiger charge is -2.20. The second-order valence-corrected chi connectivity index (χ2v) is 6.51. The van der Waals surface area contributed by atoms with E-state index in [1.807, 2.05) is 13.0 Å². The van der Waals surface area contributed by atoms with Crippen LogP contribution in [0, 0.1) is 0 Å². The maximum absolute atomic E-state index is 5.69. The number of unbranched alkanes of at least 4 members (excludes halogenated alkanes) is 1. The Labute approximate surface area is 128 Å². The lowest BCUT2D eigenvalue weighted by atomic mass is 10.1. The lowest BCUT2D eigenvalue weighted by Crippen LogP contribution is -2.36. The van der Waals surface area contributed by atoms with Crippen molar-refractivity contribution < 1.29 is 4.74 Å². The van der Waals surface area contributed by atoms with Gasteiger partial charge in [0.15, 0.2) is 0 Å². The van der Waals surface area contributed by atoms with Crippen LogP contribution < -0.4 is 10.1 Å². The normalized spacial score (nSPS) is 12.0. The van der Waals surface area contributed by atoms with E-state index in [0.29, 0.717) is 6.61 Å². The van der Waals surface area contributed by atoms with Crippen molar-refractivity contribution in [3.63, 3.8) is 0 Å². The zero-order chi connectivity index (χ0) is 15.3. The lowest BCUT2D eigenvalue weighted by molar-refractivity contribution is 0.344. The maximum atomic E-state index is 5.69. The number of ether oxygens (including phenoxy) is 1. The number of rotatable bonds is 7. The van der Waals surface area contributed by atoms with Gasteiger partial charge in [-0.15, -0.1) is 0 Å². The van der Waals surface area contributed by atoms with Crippen LogP contribution in [0.4, 0.5) is 0 Å². The van der Waals surface area contributed by atoms with Gasteiger partial charge in [-0.05, 0) is 65.3 Å². The molecule has 21 heavy (non-hydrogen) atoms. The van der Waals surface area contributed by atoms with Gasteiger partial charge in [0.1, 0.15) is 5.75 Å². The molecule has 0 radical (unpaired) electrons. The smallest absolute Gasteiger partial charge is 0.128 e. The molecule has 2 rings (SSSR count). The first-order valence-electron chi connectivity index (χ1n) is 7.97. The topological polar surface area (TPSA) is 26.2 Å². The molecule has 0 aliphatic carbocycles. The molecule has 1 aromatic heterocycles. The number of aromatic nitrogens is 1. The highest BCUT2D eigenvalue weighted by Gasteiger charge is 2.08. The van der Waals surface area contributed by atoms with Crippen LogP contribution in [0.3, 0.4) is 0 Å². The van der Waals surface area contributed by atoms with E-state index < -0.39 is 0 Å². The molecule has 0 saturated heterocycles. The van der Waals surface area contributed by atoms with Crippen LogP contribution in [-0.4, -0.2) is 23.3 Å². The zero-order valence-electron chi connectivity index (χ0n) is 13.8. The molecule has 0 saturated carbocycles. The van der Waals surface area contributed by atoms with Gasteiger partial charge >= 0.3 is 0 Å². The predicted octanol–water partition coefficient (Wildman–Crippen LogP) is 4.21. The van der Waals surface area contributed by atoms with Crippen LogP contribution in [0.1, 0.15) is 40.5 Å². The van der Waals surface area contributed by atoms with E-state index in [0.717, 1.165) is 18.8 Å². The Hall–Kier alpha value is -1.48. The van der Waals surface area contributed by atoms with E-state index in [1.165, 1.54) is 23.7 Å². The van der Waals surface area contributed by atoms with Gasteiger partial charge in [-0.1, -0.05) is 6.07 Å². The molecule has 116 valence electrons. The largest absolute Gasteiger partial charge is 0.493 e. The Morgan fingerprint density at radius 3 is 2.67 bits per heavy atom. The fourth-order valence-corrected chi connectivity index (χ4v) is 2.54. The number of hydrogen-bond acceptors (Lipinski definition) is 2. The molecule has 1 heterocycles. The summed E-state index contributed by atoms with van der Waals surface area (Å²) in [6.45, 7) is 11.5. The molecule has 0 aliphatic rings. The van der Waals surface area contributed by atoms with Crippen LogP contribution in [0.2, 0.25) is 0 Å². The van der Waals surface area contributed by atoms with Crippen molar-refractivity contribution in [3.05, 3.63) is 30.5 Å². The minimum Gasteiger partial charge on any atom is -0.493 e. The number of aryl methyl sites for hydroxylation is 1. The Kier molecular flexibility index (Phi) is 5.29. The van der Waals surface area contributed by atoms with Gasteiger partial charge in [-0.25, -0.2) is 0 Å². The third-order valence-corrected chi connectivity index (χ3v) is 3.55. The summed E-state index contributed by atoms with van der Waals surface area (Å²) < 4.78 is 8.02. The van der Waals surface area contributed by atoms with Crippen LogP contribution in [0.15, 0.2) is 30.5 Å². The molecule has 1 aromatic carbocycles. The first-order chi connectivity index (χ1) is 10.0. The van der Waals surface area contributed by atoms with Gasteiger partial charge in [0.05, 0.1) is 12.1 Å².